The molecule has 0 radical (unpaired) electrons. The van der Waals surface area contributed by atoms with Gasteiger partial charge in [0.1, 0.15) is 0 Å². The quantitative estimate of drug-likeness (QED) is 0.746. The van der Waals surface area contributed by atoms with Gasteiger partial charge in [0.15, 0.2) is 0 Å². The highest BCUT2D eigenvalue weighted by atomic mass is 14.9. The zero-order chi connectivity index (χ0) is 11.3. The number of hydrogen-bond donors (Lipinski definition) is 1. The molecular weight excluding hydrogens is 184 g/mol. The SMILES string of the molecule is C=CCC(NCC)c1ccc(C)nc1C. The van der Waals surface area contributed by atoms with Crippen LogP contribution in [-0.4, -0.2) is 11.5 Å². The minimum absolute atomic E-state index is 0.348. The van der Waals surface area contributed by atoms with Gasteiger partial charge in [-0.3, -0.25) is 4.98 Å². The molecule has 1 atom stereocenters. The molecule has 0 aromatic carbocycles. The molecule has 0 amide bonds. The third kappa shape index (κ3) is 3.17. The smallest absolute Gasteiger partial charge is 0.0423 e. The number of aromatic nitrogens is 1. The van der Waals surface area contributed by atoms with Crippen molar-refractivity contribution in [1.29, 1.82) is 0 Å². The van der Waals surface area contributed by atoms with Crippen LogP contribution in [0.5, 0.6) is 0 Å². The molecule has 0 saturated heterocycles. The molecule has 0 fully saturated rings. The first-order chi connectivity index (χ1) is 7.19. The highest BCUT2D eigenvalue weighted by Gasteiger charge is 2.11. The molecule has 1 aromatic heterocycles. The lowest BCUT2D eigenvalue weighted by Gasteiger charge is -2.18. The summed E-state index contributed by atoms with van der Waals surface area (Å²) in [7, 11) is 0. The van der Waals surface area contributed by atoms with Gasteiger partial charge in [-0.05, 0) is 38.4 Å². The molecule has 1 rings (SSSR count). The predicted octanol–water partition coefficient (Wildman–Crippen LogP) is 2.93. The standard InChI is InChI=1S/C13H20N2/c1-5-7-13(14-6-2)12-9-8-10(3)15-11(12)4/h5,8-9,13-14H,1,6-7H2,2-4H3. The highest BCUT2D eigenvalue weighted by molar-refractivity contribution is 5.25. The van der Waals surface area contributed by atoms with E-state index in [1.165, 1.54) is 5.56 Å². The molecule has 15 heavy (non-hydrogen) atoms. The summed E-state index contributed by atoms with van der Waals surface area (Å²) >= 11 is 0. The maximum absolute atomic E-state index is 4.48. The monoisotopic (exact) mass is 204 g/mol. The Balaban J connectivity index is 2.94. The second-order valence-electron chi connectivity index (χ2n) is 3.76. The fourth-order valence-electron chi connectivity index (χ4n) is 1.80. The van der Waals surface area contributed by atoms with Crippen molar-refractivity contribution in [3.63, 3.8) is 0 Å². The largest absolute Gasteiger partial charge is 0.310 e. The van der Waals surface area contributed by atoms with E-state index in [-0.39, 0.29) is 0 Å². The summed E-state index contributed by atoms with van der Waals surface area (Å²) in [5.41, 5.74) is 3.47. The fraction of sp³-hybridized carbons (Fsp3) is 0.462. The van der Waals surface area contributed by atoms with Crippen LogP contribution in [0.4, 0.5) is 0 Å². The number of rotatable bonds is 5. The first kappa shape index (κ1) is 11.9. The fourth-order valence-corrected chi connectivity index (χ4v) is 1.80. The molecular formula is C13H20N2. The van der Waals surface area contributed by atoms with Gasteiger partial charge in [-0.1, -0.05) is 19.1 Å². The lowest BCUT2D eigenvalue weighted by atomic mass is 10.0. The molecule has 1 N–H and O–H groups in total. The van der Waals surface area contributed by atoms with Crippen LogP contribution in [-0.2, 0) is 0 Å². The van der Waals surface area contributed by atoms with Crippen LogP contribution >= 0.6 is 0 Å². The van der Waals surface area contributed by atoms with Crippen LogP contribution in [0.25, 0.3) is 0 Å². The number of nitrogens with zero attached hydrogens (tertiary/aromatic N) is 1. The van der Waals surface area contributed by atoms with E-state index >= 15 is 0 Å². The Kier molecular flexibility index (Phi) is 4.50. The third-order valence-electron chi connectivity index (χ3n) is 2.49. The van der Waals surface area contributed by atoms with E-state index in [0.717, 1.165) is 24.4 Å². The van der Waals surface area contributed by atoms with E-state index < -0.39 is 0 Å². The molecule has 1 unspecified atom stereocenters. The van der Waals surface area contributed by atoms with Crippen LogP contribution in [0, 0.1) is 13.8 Å². The maximum atomic E-state index is 4.48. The topological polar surface area (TPSA) is 24.9 Å². The number of pyridine rings is 1. The van der Waals surface area contributed by atoms with E-state index in [9.17, 15) is 0 Å². The van der Waals surface area contributed by atoms with Crippen LogP contribution in [0.15, 0.2) is 24.8 Å². The van der Waals surface area contributed by atoms with Crippen molar-refractivity contribution < 1.29 is 0 Å². The Morgan fingerprint density at radius 1 is 1.47 bits per heavy atom. The van der Waals surface area contributed by atoms with Gasteiger partial charge in [0.2, 0.25) is 0 Å². The molecule has 1 heterocycles. The van der Waals surface area contributed by atoms with Crippen molar-refractivity contribution in [2.45, 2.75) is 33.2 Å². The molecule has 1 aromatic rings. The minimum atomic E-state index is 0.348. The van der Waals surface area contributed by atoms with E-state index in [0.29, 0.717) is 6.04 Å². The Hall–Kier alpha value is -1.15. The van der Waals surface area contributed by atoms with Gasteiger partial charge in [-0.25, -0.2) is 0 Å². The van der Waals surface area contributed by atoms with Gasteiger partial charge in [0.25, 0.3) is 0 Å². The predicted molar refractivity (Wildman–Crippen MR) is 64.9 cm³/mol. The summed E-state index contributed by atoms with van der Waals surface area (Å²) in [5.74, 6) is 0. The Morgan fingerprint density at radius 2 is 2.20 bits per heavy atom. The summed E-state index contributed by atoms with van der Waals surface area (Å²) in [6.45, 7) is 11.0. The Labute approximate surface area is 92.4 Å². The van der Waals surface area contributed by atoms with Gasteiger partial charge in [0.05, 0.1) is 0 Å². The number of hydrogen-bond acceptors (Lipinski definition) is 2. The lowest BCUT2D eigenvalue weighted by molar-refractivity contribution is 0.554. The minimum Gasteiger partial charge on any atom is -0.310 e. The normalized spacial score (nSPS) is 12.5. The van der Waals surface area contributed by atoms with Crippen molar-refractivity contribution in [3.05, 3.63) is 41.7 Å². The lowest BCUT2D eigenvalue weighted by Crippen LogP contribution is -2.21. The van der Waals surface area contributed by atoms with Gasteiger partial charge in [-0.2, -0.15) is 0 Å². The third-order valence-corrected chi connectivity index (χ3v) is 2.49. The molecule has 0 aliphatic carbocycles. The van der Waals surface area contributed by atoms with Crippen LogP contribution in [0.2, 0.25) is 0 Å². The van der Waals surface area contributed by atoms with E-state index in [1.54, 1.807) is 0 Å². The van der Waals surface area contributed by atoms with Gasteiger partial charge >= 0.3 is 0 Å². The molecule has 82 valence electrons. The van der Waals surface area contributed by atoms with Crippen LogP contribution in [0.1, 0.15) is 36.3 Å². The number of nitrogens with one attached hydrogen (secondary N) is 1. The molecule has 0 bridgehead atoms. The second-order valence-corrected chi connectivity index (χ2v) is 3.76. The van der Waals surface area contributed by atoms with Crippen LogP contribution in [0.3, 0.4) is 0 Å². The number of aryl methyl sites for hydroxylation is 2. The zero-order valence-electron chi connectivity index (χ0n) is 9.88. The van der Waals surface area contributed by atoms with E-state index in [2.05, 4.69) is 42.9 Å². The van der Waals surface area contributed by atoms with Gasteiger partial charge in [-0.15, -0.1) is 6.58 Å². The van der Waals surface area contributed by atoms with E-state index in [1.807, 2.05) is 13.0 Å². The first-order valence-corrected chi connectivity index (χ1v) is 5.47. The average Bonchev–Trinajstić information content (AvgIpc) is 2.17. The van der Waals surface area contributed by atoms with Gasteiger partial charge in [0, 0.05) is 17.4 Å². The molecule has 0 spiro atoms. The van der Waals surface area contributed by atoms with Crippen molar-refractivity contribution in [3.8, 4) is 0 Å². The molecule has 0 aliphatic heterocycles. The van der Waals surface area contributed by atoms with Crippen molar-refractivity contribution in [1.82, 2.24) is 10.3 Å². The molecule has 0 aliphatic rings. The summed E-state index contributed by atoms with van der Waals surface area (Å²) in [4.78, 5) is 4.48. The molecule has 2 nitrogen and oxygen atoms in total. The summed E-state index contributed by atoms with van der Waals surface area (Å²) < 4.78 is 0. The van der Waals surface area contributed by atoms with Crippen molar-refractivity contribution >= 4 is 0 Å². The molecule has 0 saturated carbocycles. The Bertz CT molecular complexity index is 331. The maximum Gasteiger partial charge on any atom is 0.0423 e. The zero-order valence-corrected chi connectivity index (χ0v) is 9.88. The average molecular weight is 204 g/mol. The van der Waals surface area contributed by atoms with Crippen LogP contribution < -0.4 is 5.32 Å². The Morgan fingerprint density at radius 3 is 2.73 bits per heavy atom. The summed E-state index contributed by atoms with van der Waals surface area (Å²) in [6, 6.07) is 4.57. The first-order valence-electron chi connectivity index (χ1n) is 5.47. The van der Waals surface area contributed by atoms with Crippen molar-refractivity contribution in [2.24, 2.45) is 0 Å². The van der Waals surface area contributed by atoms with Crippen molar-refractivity contribution in [2.75, 3.05) is 6.54 Å². The second kappa shape index (κ2) is 5.66. The molecule has 2 heteroatoms. The summed E-state index contributed by atoms with van der Waals surface area (Å²) in [6.07, 6.45) is 2.89. The highest BCUT2D eigenvalue weighted by Crippen LogP contribution is 2.19. The van der Waals surface area contributed by atoms with Gasteiger partial charge < -0.3 is 5.32 Å². The van der Waals surface area contributed by atoms with E-state index in [4.69, 9.17) is 0 Å². The summed E-state index contributed by atoms with van der Waals surface area (Å²) in [5, 5.41) is 3.45.